The summed E-state index contributed by atoms with van der Waals surface area (Å²) in [6, 6.07) is 10.3. The van der Waals surface area contributed by atoms with Crippen LogP contribution in [0.3, 0.4) is 0 Å². The van der Waals surface area contributed by atoms with Crippen molar-refractivity contribution in [2.24, 2.45) is 21.4 Å². The molecule has 2 aromatic carbocycles. The summed E-state index contributed by atoms with van der Waals surface area (Å²) in [6.07, 6.45) is 1.60. The third-order valence-electron chi connectivity index (χ3n) is 7.87. The molecule has 2 aliphatic rings. The summed E-state index contributed by atoms with van der Waals surface area (Å²) in [7, 11) is 0. The van der Waals surface area contributed by atoms with Crippen molar-refractivity contribution >= 4 is 52.2 Å². The van der Waals surface area contributed by atoms with Crippen molar-refractivity contribution in [2.45, 2.75) is 40.0 Å². The molecule has 34 heavy (non-hydrogen) atoms. The Hall–Kier alpha value is -2.97. The molecule has 2 atom stereocenters. The molecule has 1 amide bonds. The Bertz CT molecular complexity index is 1240. The van der Waals surface area contributed by atoms with Gasteiger partial charge >= 0.3 is 5.97 Å². The van der Waals surface area contributed by atoms with Crippen LogP contribution in [0.1, 0.15) is 50.4 Å². The van der Waals surface area contributed by atoms with E-state index in [1.54, 1.807) is 6.07 Å². The third-order valence-corrected chi connectivity index (χ3v) is 8.42. The summed E-state index contributed by atoms with van der Waals surface area (Å²) in [6.45, 7) is 6.03. The number of anilines is 1. The van der Waals surface area contributed by atoms with Crippen molar-refractivity contribution < 1.29 is 19.3 Å². The van der Waals surface area contributed by atoms with Gasteiger partial charge in [-0.15, -0.1) is 0 Å². The summed E-state index contributed by atoms with van der Waals surface area (Å²) >= 11 is 12.0. The molecule has 2 aromatic rings. The van der Waals surface area contributed by atoms with Gasteiger partial charge in [0.1, 0.15) is 0 Å². The first-order valence-electron chi connectivity index (χ1n) is 10.7. The normalized spacial score (nSPS) is 25.9. The van der Waals surface area contributed by atoms with Gasteiger partial charge in [-0.2, -0.15) is 0 Å². The van der Waals surface area contributed by atoms with Crippen LogP contribution < -0.4 is 5.32 Å². The molecule has 0 saturated heterocycles. The molecular formula is C24H23Cl2N3O5. The number of carbonyl (C=O) groups is 2. The zero-order chi connectivity index (χ0) is 24.9. The fourth-order valence-corrected chi connectivity index (χ4v) is 5.76. The van der Waals surface area contributed by atoms with Gasteiger partial charge < -0.3 is 10.2 Å². The molecule has 2 bridgehead atoms. The van der Waals surface area contributed by atoms with Crippen LogP contribution in [0.25, 0.3) is 0 Å². The van der Waals surface area contributed by atoms with E-state index in [-0.39, 0.29) is 22.2 Å². The number of nitro benzene ring substituents is 1. The molecule has 0 aromatic heterocycles. The monoisotopic (exact) mass is 503 g/mol. The number of carbonyl (C=O) groups excluding carboxylic acids is 2. The van der Waals surface area contributed by atoms with E-state index in [0.717, 1.165) is 0 Å². The Morgan fingerprint density at radius 3 is 2.53 bits per heavy atom. The molecule has 178 valence electrons. The Morgan fingerprint density at radius 1 is 1.12 bits per heavy atom. The number of halogens is 2. The molecular weight excluding hydrogens is 481 g/mol. The molecule has 0 radical (unpaired) electrons. The molecule has 10 heteroatoms. The van der Waals surface area contributed by atoms with E-state index >= 15 is 0 Å². The lowest BCUT2D eigenvalue weighted by Gasteiger charge is -2.39. The second-order valence-electron chi connectivity index (χ2n) is 9.52. The number of oxime groups is 1. The molecule has 2 fully saturated rings. The van der Waals surface area contributed by atoms with Crippen molar-refractivity contribution in [3.05, 3.63) is 68.2 Å². The predicted octanol–water partition coefficient (Wildman–Crippen LogP) is 6.27. The number of nitrogens with one attached hydrogen (secondary N) is 1. The van der Waals surface area contributed by atoms with E-state index in [1.165, 1.54) is 36.4 Å². The van der Waals surface area contributed by atoms with Gasteiger partial charge in [-0.25, -0.2) is 4.79 Å². The highest BCUT2D eigenvalue weighted by Gasteiger charge is 2.71. The summed E-state index contributed by atoms with van der Waals surface area (Å²) in [5.74, 6) is -0.951. The van der Waals surface area contributed by atoms with Crippen LogP contribution in [0.5, 0.6) is 0 Å². The fraction of sp³-hybridized carbons (Fsp3) is 0.375. The topological polar surface area (TPSA) is 111 Å². The van der Waals surface area contributed by atoms with Crippen LogP contribution in [-0.2, 0) is 9.63 Å². The van der Waals surface area contributed by atoms with Gasteiger partial charge in [-0.3, -0.25) is 14.9 Å². The number of nitro groups is 1. The van der Waals surface area contributed by atoms with Gasteiger partial charge in [0.05, 0.1) is 26.6 Å². The van der Waals surface area contributed by atoms with Gasteiger partial charge in [-0.05, 0) is 42.5 Å². The maximum atomic E-state index is 13.5. The van der Waals surface area contributed by atoms with Crippen molar-refractivity contribution in [3.8, 4) is 0 Å². The SMILES string of the molecule is CC12CCC(C(=O)Nc3cccc([N+](=O)[O-])c3)(C/C1=N\OC(=O)c1ccc(Cl)cc1Cl)C2(C)C. The minimum Gasteiger partial charge on any atom is -0.325 e. The number of fused-ring (bicyclic) bond motifs is 2. The lowest BCUT2D eigenvalue weighted by Crippen LogP contribution is -2.43. The highest BCUT2D eigenvalue weighted by atomic mass is 35.5. The predicted molar refractivity (Wildman–Crippen MR) is 129 cm³/mol. The maximum Gasteiger partial charge on any atom is 0.367 e. The minimum absolute atomic E-state index is 0.104. The molecule has 8 nitrogen and oxygen atoms in total. The number of rotatable bonds is 5. The first-order valence-corrected chi connectivity index (χ1v) is 11.5. The van der Waals surface area contributed by atoms with Crippen molar-refractivity contribution in [1.29, 1.82) is 0 Å². The van der Waals surface area contributed by atoms with Gasteiger partial charge in [-0.1, -0.05) is 55.2 Å². The van der Waals surface area contributed by atoms with E-state index in [4.69, 9.17) is 28.0 Å². The van der Waals surface area contributed by atoms with Crippen LogP contribution in [0.4, 0.5) is 11.4 Å². The van der Waals surface area contributed by atoms with Crippen molar-refractivity contribution in [1.82, 2.24) is 0 Å². The molecule has 2 saturated carbocycles. The Kier molecular flexibility index (Phi) is 5.94. The van der Waals surface area contributed by atoms with Gasteiger partial charge in [0, 0.05) is 34.7 Å². The van der Waals surface area contributed by atoms with Gasteiger partial charge in [0.2, 0.25) is 5.91 Å². The second kappa shape index (κ2) is 8.36. The van der Waals surface area contributed by atoms with Crippen LogP contribution >= 0.6 is 23.2 Å². The molecule has 2 unspecified atom stereocenters. The van der Waals surface area contributed by atoms with Crippen molar-refractivity contribution in [3.63, 3.8) is 0 Å². The van der Waals surface area contributed by atoms with Gasteiger partial charge in [0.15, 0.2) is 0 Å². The Labute approximate surface area is 206 Å². The molecule has 0 aliphatic heterocycles. The van der Waals surface area contributed by atoms with E-state index in [1.807, 2.05) is 20.8 Å². The second-order valence-corrected chi connectivity index (χ2v) is 10.4. The first-order chi connectivity index (χ1) is 15.9. The third kappa shape index (κ3) is 3.65. The van der Waals surface area contributed by atoms with E-state index in [0.29, 0.717) is 35.7 Å². The summed E-state index contributed by atoms with van der Waals surface area (Å²) in [5.41, 5.74) is -0.780. The number of hydrogen-bond donors (Lipinski definition) is 1. The smallest absolute Gasteiger partial charge is 0.325 e. The minimum atomic E-state index is -0.810. The summed E-state index contributed by atoms with van der Waals surface area (Å²) in [4.78, 5) is 41.9. The fourth-order valence-electron chi connectivity index (χ4n) is 5.27. The molecule has 0 spiro atoms. The standard InChI is InChI=1S/C24H23Cl2N3O5/c1-22(2)23(3)9-10-24(22,21(31)27-15-5-4-6-16(12-15)29(32)33)13-19(23)28-34-20(30)17-8-7-14(25)11-18(17)26/h4-8,11-12H,9-10,13H2,1-3H3,(H,27,31)/b28-19+. The number of non-ortho nitro benzene ring substituents is 1. The van der Waals surface area contributed by atoms with Crippen LogP contribution in [0, 0.1) is 26.4 Å². The lowest BCUT2D eigenvalue weighted by atomic mass is 9.64. The highest BCUT2D eigenvalue weighted by molar-refractivity contribution is 6.36. The Balaban J connectivity index is 1.59. The molecule has 0 heterocycles. The summed E-state index contributed by atoms with van der Waals surface area (Å²) < 4.78 is 0. The Morgan fingerprint density at radius 2 is 1.85 bits per heavy atom. The lowest BCUT2D eigenvalue weighted by molar-refractivity contribution is -0.384. The van der Waals surface area contributed by atoms with E-state index in [2.05, 4.69) is 10.5 Å². The summed E-state index contributed by atoms with van der Waals surface area (Å²) in [5, 5.41) is 18.7. The van der Waals surface area contributed by atoms with Crippen LogP contribution in [0.2, 0.25) is 10.0 Å². The number of hydrogen-bond acceptors (Lipinski definition) is 6. The van der Waals surface area contributed by atoms with Crippen LogP contribution in [0.15, 0.2) is 47.6 Å². The van der Waals surface area contributed by atoms with Gasteiger partial charge in [0.25, 0.3) is 5.69 Å². The number of amides is 1. The number of benzene rings is 2. The van der Waals surface area contributed by atoms with E-state index in [9.17, 15) is 19.7 Å². The molecule has 1 N–H and O–H groups in total. The zero-order valence-electron chi connectivity index (χ0n) is 18.9. The highest BCUT2D eigenvalue weighted by Crippen LogP contribution is 2.71. The average molecular weight is 504 g/mol. The maximum absolute atomic E-state index is 13.5. The average Bonchev–Trinajstić information content (AvgIpc) is 3.08. The molecule has 2 aliphatic carbocycles. The quantitative estimate of drug-likeness (QED) is 0.293. The molecule has 4 rings (SSSR count). The number of nitrogens with zero attached hydrogens (tertiary/aromatic N) is 2. The largest absolute Gasteiger partial charge is 0.367 e. The van der Waals surface area contributed by atoms with E-state index < -0.39 is 27.1 Å². The first kappa shape index (κ1) is 24.2. The van der Waals surface area contributed by atoms with Crippen LogP contribution in [-0.4, -0.2) is 22.5 Å². The zero-order valence-corrected chi connectivity index (χ0v) is 20.4. The van der Waals surface area contributed by atoms with Crippen molar-refractivity contribution in [2.75, 3.05) is 5.32 Å².